The zero-order valence-corrected chi connectivity index (χ0v) is 21.4. The molecule has 35 heavy (non-hydrogen) atoms. The van der Waals surface area contributed by atoms with Gasteiger partial charge in [-0.15, -0.1) is 0 Å². The van der Waals surface area contributed by atoms with Crippen LogP contribution in [0.2, 0.25) is 0 Å². The molecule has 178 valence electrons. The van der Waals surface area contributed by atoms with E-state index in [4.69, 9.17) is 0 Å². The number of benzene rings is 3. The molecule has 0 aliphatic rings. The Morgan fingerprint density at radius 2 is 1.31 bits per heavy atom. The Hall–Kier alpha value is -3.91. The van der Waals surface area contributed by atoms with Crippen molar-refractivity contribution in [1.29, 1.82) is 0 Å². The van der Waals surface area contributed by atoms with Crippen molar-refractivity contribution < 1.29 is 14.4 Å². The fourth-order valence-electron chi connectivity index (χ4n) is 3.90. The van der Waals surface area contributed by atoms with Gasteiger partial charge < -0.3 is 10.6 Å². The average Bonchev–Trinajstić information content (AvgIpc) is 3.14. The van der Waals surface area contributed by atoms with Crippen molar-refractivity contribution in [1.82, 2.24) is 4.68 Å². The number of rotatable bonds is 4. The molecule has 4 rings (SSSR count). The number of aryl methyl sites for hydroxylation is 4. The molecule has 0 atom stereocenters. The topological polar surface area (TPSA) is 92.2 Å². The first-order valence-corrected chi connectivity index (χ1v) is 11.8. The number of nitrogens with zero attached hydrogens (tertiary/aromatic N) is 1. The maximum absolute atomic E-state index is 13.3. The van der Waals surface area contributed by atoms with Crippen LogP contribution < -0.4 is 16.1 Å². The van der Waals surface area contributed by atoms with Gasteiger partial charge in [-0.3, -0.25) is 19.8 Å². The number of aromatic nitrogens is 1. The third-order valence-electron chi connectivity index (χ3n) is 5.68. The largest absolute Gasteiger partial charge is 0.328 e. The molecule has 3 aromatic carbocycles. The summed E-state index contributed by atoms with van der Waals surface area (Å²) in [7, 11) is 0. The van der Waals surface area contributed by atoms with Gasteiger partial charge >= 0.3 is 11.8 Å². The van der Waals surface area contributed by atoms with Gasteiger partial charge in [-0.25, -0.2) is 4.68 Å². The van der Waals surface area contributed by atoms with Crippen molar-refractivity contribution in [3.8, 4) is 0 Å². The Bertz CT molecular complexity index is 1490. The summed E-state index contributed by atoms with van der Waals surface area (Å²) in [5, 5.41) is 6.26. The molecule has 4 aromatic rings. The minimum atomic E-state index is -0.897. The lowest BCUT2D eigenvalue weighted by atomic mass is 10.1. The zero-order chi connectivity index (χ0) is 25.3. The van der Waals surface area contributed by atoms with E-state index in [-0.39, 0.29) is 5.69 Å². The lowest BCUT2D eigenvalue weighted by molar-refractivity contribution is -0.133. The number of hydrogen-bond acceptors (Lipinski definition) is 3. The lowest BCUT2D eigenvalue weighted by Crippen LogP contribution is -2.36. The highest BCUT2D eigenvalue weighted by atomic mass is 79.9. The van der Waals surface area contributed by atoms with E-state index in [1.54, 1.807) is 24.3 Å². The lowest BCUT2D eigenvalue weighted by Gasteiger charge is -2.14. The summed E-state index contributed by atoms with van der Waals surface area (Å²) >= 11 is 3.44. The highest BCUT2D eigenvalue weighted by molar-refractivity contribution is 9.10. The van der Waals surface area contributed by atoms with E-state index in [0.717, 1.165) is 32.1 Å². The number of halogens is 1. The number of hydrogen-bond donors (Lipinski definition) is 3. The van der Waals surface area contributed by atoms with Gasteiger partial charge in [0.05, 0.1) is 5.52 Å². The zero-order valence-electron chi connectivity index (χ0n) is 19.8. The van der Waals surface area contributed by atoms with Crippen molar-refractivity contribution in [2.75, 3.05) is 16.1 Å². The highest BCUT2D eigenvalue weighted by Crippen LogP contribution is 2.25. The summed E-state index contributed by atoms with van der Waals surface area (Å²) in [5.74, 6) is -2.15. The van der Waals surface area contributed by atoms with Gasteiger partial charge in [0.15, 0.2) is 0 Å². The predicted molar refractivity (Wildman–Crippen MR) is 142 cm³/mol. The van der Waals surface area contributed by atoms with Gasteiger partial charge in [0.25, 0.3) is 5.91 Å². The second-order valence-corrected chi connectivity index (χ2v) is 9.47. The molecule has 1 aromatic heterocycles. The van der Waals surface area contributed by atoms with Crippen molar-refractivity contribution >= 4 is 55.9 Å². The van der Waals surface area contributed by atoms with E-state index >= 15 is 0 Å². The summed E-state index contributed by atoms with van der Waals surface area (Å²) in [6, 6.07) is 18.3. The van der Waals surface area contributed by atoms with E-state index in [9.17, 15) is 14.4 Å². The highest BCUT2D eigenvalue weighted by Gasteiger charge is 2.22. The van der Waals surface area contributed by atoms with Crippen LogP contribution in [0.3, 0.4) is 0 Å². The second-order valence-electron chi connectivity index (χ2n) is 8.55. The summed E-state index contributed by atoms with van der Waals surface area (Å²) < 4.78 is 2.16. The summed E-state index contributed by atoms with van der Waals surface area (Å²) in [4.78, 5) is 38.8. The maximum atomic E-state index is 13.3. The molecule has 3 amide bonds. The van der Waals surface area contributed by atoms with Crippen molar-refractivity contribution in [3.05, 3.63) is 93.1 Å². The SMILES string of the molecule is Cc1ccc(NC(=O)C(=O)Nn2c(C(=O)Nc3ccc(C)cc3C)cc3cc(Br)ccc32)c(C)c1. The van der Waals surface area contributed by atoms with Gasteiger partial charge in [0.1, 0.15) is 5.69 Å². The van der Waals surface area contributed by atoms with Crippen molar-refractivity contribution in [2.45, 2.75) is 27.7 Å². The molecule has 3 N–H and O–H groups in total. The first kappa shape index (κ1) is 24.2. The molecule has 0 saturated carbocycles. The Kier molecular flexibility index (Phi) is 6.75. The van der Waals surface area contributed by atoms with Gasteiger partial charge in [-0.2, -0.15) is 0 Å². The summed E-state index contributed by atoms with van der Waals surface area (Å²) in [6.45, 7) is 7.69. The first-order valence-electron chi connectivity index (χ1n) is 11.0. The van der Waals surface area contributed by atoms with Crippen LogP contribution in [-0.2, 0) is 9.59 Å². The first-order chi connectivity index (χ1) is 16.6. The van der Waals surface area contributed by atoms with Gasteiger partial charge in [-0.1, -0.05) is 51.3 Å². The number of anilines is 2. The third-order valence-corrected chi connectivity index (χ3v) is 6.17. The molecule has 0 aliphatic heterocycles. The van der Waals surface area contributed by atoms with Crippen LogP contribution in [-0.4, -0.2) is 22.4 Å². The number of carbonyl (C=O) groups is 3. The average molecular weight is 533 g/mol. The van der Waals surface area contributed by atoms with Crippen LogP contribution in [0, 0.1) is 27.7 Å². The van der Waals surface area contributed by atoms with Crippen LogP contribution >= 0.6 is 15.9 Å². The maximum Gasteiger partial charge on any atom is 0.328 e. The standard InChI is InChI=1S/C27H25BrN4O3/c1-15-5-8-21(17(3)11-15)29-25(33)24-14-19-13-20(28)7-10-23(19)32(24)31-27(35)26(34)30-22-9-6-16(2)12-18(22)4/h5-14H,1-4H3,(H,29,33)(H,30,34)(H,31,35). The number of nitrogens with one attached hydrogen (secondary N) is 3. The van der Waals surface area contributed by atoms with E-state index in [0.29, 0.717) is 16.9 Å². The Balaban J connectivity index is 1.64. The van der Waals surface area contributed by atoms with E-state index in [1.165, 1.54) is 4.68 Å². The predicted octanol–water partition coefficient (Wildman–Crippen LogP) is 5.60. The third kappa shape index (κ3) is 5.27. The molecule has 1 heterocycles. The molecule has 0 aliphatic carbocycles. The molecular weight excluding hydrogens is 508 g/mol. The van der Waals surface area contributed by atoms with Crippen LogP contribution in [0.5, 0.6) is 0 Å². The van der Waals surface area contributed by atoms with E-state index < -0.39 is 17.7 Å². The molecule has 8 heteroatoms. The molecule has 0 saturated heterocycles. The molecule has 0 fully saturated rings. The fourth-order valence-corrected chi connectivity index (χ4v) is 4.28. The number of carbonyl (C=O) groups excluding carboxylic acids is 3. The van der Waals surface area contributed by atoms with Crippen LogP contribution in [0.25, 0.3) is 10.9 Å². The Labute approximate surface area is 211 Å². The van der Waals surface area contributed by atoms with Gasteiger partial charge in [-0.05, 0) is 75.2 Å². The van der Waals surface area contributed by atoms with Crippen LogP contribution in [0.1, 0.15) is 32.7 Å². The molecular formula is C27H25BrN4O3. The van der Waals surface area contributed by atoms with Crippen molar-refractivity contribution in [2.24, 2.45) is 0 Å². The van der Waals surface area contributed by atoms with Crippen molar-refractivity contribution in [3.63, 3.8) is 0 Å². The minimum Gasteiger partial charge on any atom is -0.320 e. The van der Waals surface area contributed by atoms with Crippen LogP contribution in [0.4, 0.5) is 11.4 Å². The quantitative estimate of drug-likeness (QED) is 0.299. The number of amides is 3. The normalized spacial score (nSPS) is 10.8. The Morgan fingerprint density at radius 3 is 1.91 bits per heavy atom. The molecule has 7 nitrogen and oxygen atoms in total. The smallest absolute Gasteiger partial charge is 0.320 e. The van der Waals surface area contributed by atoms with Crippen LogP contribution in [0.15, 0.2) is 65.1 Å². The second kappa shape index (κ2) is 9.76. The fraction of sp³-hybridized carbons (Fsp3) is 0.148. The van der Waals surface area contributed by atoms with E-state index in [2.05, 4.69) is 32.0 Å². The number of fused-ring (bicyclic) bond motifs is 1. The van der Waals surface area contributed by atoms with Gasteiger partial charge in [0.2, 0.25) is 0 Å². The summed E-state index contributed by atoms with van der Waals surface area (Å²) in [5.41, 5.74) is 8.45. The molecule has 0 spiro atoms. The minimum absolute atomic E-state index is 0.186. The van der Waals surface area contributed by atoms with E-state index in [1.807, 2.05) is 64.1 Å². The summed E-state index contributed by atoms with van der Waals surface area (Å²) in [6.07, 6.45) is 0. The van der Waals surface area contributed by atoms with Gasteiger partial charge in [0, 0.05) is 21.2 Å². The molecule has 0 unspecified atom stereocenters. The molecule has 0 bridgehead atoms. The Morgan fingerprint density at radius 1 is 0.714 bits per heavy atom. The monoisotopic (exact) mass is 532 g/mol. The molecule has 0 radical (unpaired) electrons.